The van der Waals surface area contributed by atoms with Gasteiger partial charge in [0, 0.05) is 16.1 Å². The van der Waals surface area contributed by atoms with Gasteiger partial charge in [0.05, 0.1) is 29.6 Å². The quantitative estimate of drug-likeness (QED) is 0.664. The predicted molar refractivity (Wildman–Crippen MR) is 84.0 cm³/mol. The van der Waals surface area contributed by atoms with Gasteiger partial charge in [-0.25, -0.2) is 9.78 Å². The highest BCUT2D eigenvalue weighted by atomic mass is 79.9. The van der Waals surface area contributed by atoms with Gasteiger partial charge in [0.1, 0.15) is 0 Å². The number of ether oxygens (including phenoxy) is 1. The van der Waals surface area contributed by atoms with Crippen LogP contribution in [0.1, 0.15) is 10.4 Å². The minimum atomic E-state index is -0.391. The molecule has 2 aromatic heterocycles. The van der Waals surface area contributed by atoms with E-state index in [0.29, 0.717) is 17.0 Å². The number of hydrogen-bond acceptors (Lipinski definition) is 4. The molecule has 3 aromatic rings. The maximum atomic E-state index is 12.0. The molecule has 0 fully saturated rings. The molecule has 2 heterocycles. The molecule has 3 rings (SSSR count). The van der Waals surface area contributed by atoms with Crippen LogP contribution >= 0.6 is 15.9 Å². The zero-order valence-corrected chi connectivity index (χ0v) is 12.8. The topological polar surface area (TPSA) is 52.1 Å². The summed E-state index contributed by atoms with van der Waals surface area (Å²) in [7, 11) is 1.37. The van der Waals surface area contributed by atoms with Gasteiger partial charge < -0.3 is 4.74 Å². The molecule has 104 valence electrons. The zero-order valence-electron chi connectivity index (χ0n) is 11.2. The number of pyridine rings is 2. The molecule has 0 atom stereocenters. The standard InChI is InChI=1S/C16H11BrN2O2/c1-21-16(20)12-9-15(14-4-2-3-7-18-14)19-13-6-5-10(17)8-11(12)13/h2-9H,1H3. The number of rotatable bonds is 2. The van der Waals surface area contributed by atoms with Crippen molar-refractivity contribution in [3.05, 3.63) is 58.7 Å². The van der Waals surface area contributed by atoms with E-state index in [2.05, 4.69) is 25.9 Å². The van der Waals surface area contributed by atoms with E-state index in [1.807, 2.05) is 36.4 Å². The molecule has 0 radical (unpaired) electrons. The van der Waals surface area contributed by atoms with E-state index >= 15 is 0 Å². The Morgan fingerprint density at radius 3 is 2.71 bits per heavy atom. The van der Waals surface area contributed by atoms with Gasteiger partial charge in [0.2, 0.25) is 0 Å². The van der Waals surface area contributed by atoms with Gasteiger partial charge in [-0.15, -0.1) is 0 Å². The highest BCUT2D eigenvalue weighted by Gasteiger charge is 2.15. The van der Waals surface area contributed by atoms with Crippen LogP contribution in [0.4, 0.5) is 0 Å². The Labute approximate surface area is 129 Å². The minimum absolute atomic E-state index is 0.391. The lowest BCUT2D eigenvalue weighted by atomic mass is 10.1. The fraction of sp³-hybridized carbons (Fsp3) is 0.0625. The Morgan fingerprint density at radius 1 is 1.14 bits per heavy atom. The van der Waals surface area contributed by atoms with Crippen molar-refractivity contribution in [3.63, 3.8) is 0 Å². The van der Waals surface area contributed by atoms with Crippen LogP contribution in [0.3, 0.4) is 0 Å². The monoisotopic (exact) mass is 342 g/mol. The van der Waals surface area contributed by atoms with Crippen molar-refractivity contribution in [2.75, 3.05) is 7.11 Å². The lowest BCUT2D eigenvalue weighted by Crippen LogP contribution is -2.04. The number of halogens is 1. The number of hydrogen-bond donors (Lipinski definition) is 0. The molecule has 4 nitrogen and oxygen atoms in total. The first kappa shape index (κ1) is 13.7. The van der Waals surface area contributed by atoms with Crippen LogP contribution in [0.2, 0.25) is 0 Å². The summed E-state index contributed by atoms with van der Waals surface area (Å²) in [5.74, 6) is -0.391. The van der Waals surface area contributed by atoms with E-state index in [1.54, 1.807) is 12.3 Å². The van der Waals surface area contributed by atoms with E-state index in [9.17, 15) is 4.79 Å². The Hall–Kier alpha value is -2.27. The second kappa shape index (κ2) is 5.61. The molecule has 0 N–H and O–H groups in total. The number of esters is 1. The number of methoxy groups -OCH3 is 1. The molecule has 0 spiro atoms. The van der Waals surface area contributed by atoms with E-state index in [0.717, 1.165) is 15.4 Å². The summed E-state index contributed by atoms with van der Waals surface area (Å²) in [6.45, 7) is 0. The highest BCUT2D eigenvalue weighted by molar-refractivity contribution is 9.10. The average molecular weight is 343 g/mol. The van der Waals surface area contributed by atoms with E-state index in [1.165, 1.54) is 7.11 Å². The van der Waals surface area contributed by atoms with Crippen molar-refractivity contribution in [3.8, 4) is 11.4 Å². The number of carbonyl (C=O) groups is 1. The van der Waals surface area contributed by atoms with Crippen molar-refractivity contribution >= 4 is 32.8 Å². The van der Waals surface area contributed by atoms with E-state index < -0.39 is 5.97 Å². The normalized spacial score (nSPS) is 10.6. The molecule has 0 bridgehead atoms. The van der Waals surface area contributed by atoms with Crippen molar-refractivity contribution in [2.24, 2.45) is 0 Å². The van der Waals surface area contributed by atoms with Gasteiger partial charge >= 0.3 is 5.97 Å². The average Bonchev–Trinajstić information content (AvgIpc) is 2.54. The number of aromatic nitrogens is 2. The number of fused-ring (bicyclic) bond motifs is 1. The Kier molecular flexibility index (Phi) is 3.66. The Balaban J connectivity index is 2.30. The molecular formula is C16H11BrN2O2. The lowest BCUT2D eigenvalue weighted by Gasteiger charge is -2.08. The van der Waals surface area contributed by atoms with Crippen LogP contribution in [-0.4, -0.2) is 23.0 Å². The van der Waals surface area contributed by atoms with Gasteiger partial charge in [0.25, 0.3) is 0 Å². The number of benzene rings is 1. The van der Waals surface area contributed by atoms with Gasteiger partial charge in [0.15, 0.2) is 0 Å². The molecule has 0 aliphatic heterocycles. The summed E-state index contributed by atoms with van der Waals surface area (Å²) in [4.78, 5) is 20.9. The summed E-state index contributed by atoms with van der Waals surface area (Å²) in [5.41, 5.74) is 2.56. The maximum Gasteiger partial charge on any atom is 0.338 e. The SMILES string of the molecule is COC(=O)c1cc(-c2ccccn2)nc2ccc(Br)cc12. The first-order chi connectivity index (χ1) is 10.2. The molecular weight excluding hydrogens is 332 g/mol. The largest absolute Gasteiger partial charge is 0.465 e. The summed E-state index contributed by atoms with van der Waals surface area (Å²) < 4.78 is 5.75. The smallest absolute Gasteiger partial charge is 0.338 e. The van der Waals surface area contributed by atoms with Crippen molar-refractivity contribution in [1.29, 1.82) is 0 Å². The third-order valence-electron chi connectivity index (χ3n) is 3.10. The molecule has 0 saturated carbocycles. The molecule has 1 aromatic carbocycles. The molecule has 0 amide bonds. The lowest BCUT2D eigenvalue weighted by molar-refractivity contribution is 0.0603. The van der Waals surface area contributed by atoms with Gasteiger partial charge in [-0.2, -0.15) is 0 Å². The van der Waals surface area contributed by atoms with Gasteiger partial charge in [-0.05, 0) is 36.4 Å². The molecule has 0 saturated heterocycles. The van der Waals surface area contributed by atoms with Crippen molar-refractivity contribution < 1.29 is 9.53 Å². The van der Waals surface area contributed by atoms with Crippen molar-refractivity contribution in [1.82, 2.24) is 9.97 Å². The molecule has 0 aliphatic carbocycles. The predicted octanol–water partition coefficient (Wildman–Crippen LogP) is 3.85. The second-order valence-corrected chi connectivity index (χ2v) is 5.34. The zero-order chi connectivity index (χ0) is 14.8. The van der Waals surface area contributed by atoms with Crippen LogP contribution in [0.15, 0.2) is 53.1 Å². The molecule has 5 heteroatoms. The van der Waals surface area contributed by atoms with Crippen LogP contribution in [0, 0.1) is 0 Å². The summed E-state index contributed by atoms with van der Waals surface area (Å²) in [6.07, 6.45) is 1.70. The third kappa shape index (κ3) is 2.64. The highest BCUT2D eigenvalue weighted by Crippen LogP contribution is 2.26. The maximum absolute atomic E-state index is 12.0. The van der Waals surface area contributed by atoms with Crippen LogP contribution in [-0.2, 0) is 4.74 Å². The molecule has 21 heavy (non-hydrogen) atoms. The fourth-order valence-corrected chi connectivity index (χ4v) is 2.48. The Bertz CT molecular complexity index is 819. The first-order valence-electron chi connectivity index (χ1n) is 6.29. The van der Waals surface area contributed by atoms with Gasteiger partial charge in [-0.3, -0.25) is 4.98 Å². The number of carbonyl (C=O) groups excluding carboxylic acids is 1. The molecule has 0 unspecified atom stereocenters. The Morgan fingerprint density at radius 2 is 2.00 bits per heavy atom. The molecule has 0 aliphatic rings. The van der Waals surface area contributed by atoms with E-state index in [-0.39, 0.29) is 0 Å². The third-order valence-corrected chi connectivity index (χ3v) is 3.60. The first-order valence-corrected chi connectivity index (χ1v) is 7.08. The van der Waals surface area contributed by atoms with Crippen LogP contribution in [0.25, 0.3) is 22.3 Å². The number of nitrogens with zero attached hydrogens (tertiary/aromatic N) is 2. The van der Waals surface area contributed by atoms with E-state index in [4.69, 9.17) is 4.74 Å². The summed E-state index contributed by atoms with van der Waals surface area (Å²) in [5, 5.41) is 0.746. The second-order valence-electron chi connectivity index (χ2n) is 4.42. The van der Waals surface area contributed by atoms with Gasteiger partial charge in [-0.1, -0.05) is 22.0 Å². The van der Waals surface area contributed by atoms with Crippen LogP contribution in [0.5, 0.6) is 0 Å². The fourth-order valence-electron chi connectivity index (χ4n) is 2.12. The van der Waals surface area contributed by atoms with Crippen LogP contribution < -0.4 is 0 Å². The minimum Gasteiger partial charge on any atom is -0.465 e. The van der Waals surface area contributed by atoms with Crippen molar-refractivity contribution in [2.45, 2.75) is 0 Å². The summed E-state index contributed by atoms with van der Waals surface area (Å²) >= 11 is 3.41. The summed E-state index contributed by atoms with van der Waals surface area (Å²) in [6, 6.07) is 12.9.